The van der Waals surface area contributed by atoms with Crippen molar-refractivity contribution in [2.75, 3.05) is 4.90 Å². The number of carbonyl (C=O) groups is 1. The number of nitrogens with zero attached hydrogens (tertiary/aromatic N) is 2. The molecule has 0 saturated carbocycles. The molecule has 2 aromatic rings. The fourth-order valence-electron chi connectivity index (χ4n) is 2.33. The van der Waals surface area contributed by atoms with Gasteiger partial charge in [-0.1, -0.05) is 47.1 Å². The molecule has 0 fully saturated rings. The summed E-state index contributed by atoms with van der Waals surface area (Å²) in [5.41, 5.74) is 2.37. The van der Waals surface area contributed by atoms with Crippen LogP contribution < -0.4 is 4.90 Å². The standard InChI is InChI=1S/C15H11ClN2O2/c16-11-5-3-4-10(8-11)9-18-13-7-2-1-6-12(13)14(17-20)15(18)19/h1-8,20H,9H2/b17-14-. The first-order valence-corrected chi connectivity index (χ1v) is 6.46. The summed E-state index contributed by atoms with van der Waals surface area (Å²) in [5, 5.41) is 12.8. The van der Waals surface area contributed by atoms with Crippen molar-refractivity contribution in [3.8, 4) is 0 Å². The van der Waals surface area contributed by atoms with Gasteiger partial charge in [-0.3, -0.25) is 4.79 Å². The number of para-hydroxylation sites is 1. The Morgan fingerprint density at radius 3 is 2.70 bits per heavy atom. The van der Waals surface area contributed by atoms with Crippen molar-refractivity contribution in [2.24, 2.45) is 5.16 Å². The highest BCUT2D eigenvalue weighted by atomic mass is 35.5. The SMILES string of the molecule is O=C1/C(=N\O)c2ccccc2N1Cc1cccc(Cl)c1. The third-order valence-electron chi connectivity index (χ3n) is 3.23. The summed E-state index contributed by atoms with van der Waals surface area (Å²) >= 11 is 5.96. The molecule has 4 nitrogen and oxygen atoms in total. The number of hydrogen-bond donors (Lipinski definition) is 1. The Labute approximate surface area is 120 Å². The van der Waals surface area contributed by atoms with E-state index in [1.165, 1.54) is 0 Å². The number of amides is 1. The molecule has 5 heteroatoms. The molecule has 0 unspecified atom stereocenters. The van der Waals surface area contributed by atoms with E-state index < -0.39 is 0 Å². The minimum Gasteiger partial charge on any atom is -0.410 e. The normalized spacial score (nSPS) is 15.8. The van der Waals surface area contributed by atoms with Crippen molar-refractivity contribution in [1.82, 2.24) is 0 Å². The number of anilines is 1. The van der Waals surface area contributed by atoms with E-state index in [0.717, 1.165) is 11.3 Å². The smallest absolute Gasteiger partial charge is 0.281 e. The first-order valence-electron chi connectivity index (χ1n) is 6.08. The molecule has 1 amide bonds. The van der Waals surface area contributed by atoms with Gasteiger partial charge in [0.05, 0.1) is 12.2 Å². The molecule has 0 bridgehead atoms. The number of rotatable bonds is 2. The zero-order valence-corrected chi connectivity index (χ0v) is 11.2. The van der Waals surface area contributed by atoms with Crippen molar-refractivity contribution in [2.45, 2.75) is 6.54 Å². The molecule has 2 aromatic carbocycles. The van der Waals surface area contributed by atoms with Crippen LogP contribution >= 0.6 is 11.6 Å². The largest absolute Gasteiger partial charge is 0.410 e. The Kier molecular flexibility index (Phi) is 3.16. The molecule has 0 saturated heterocycles. The summed E-state index contributed by atoms with van der Waals surface area (Å²) < 4.78 is 0. The van der Waals surface area contributed by atoms with Gasteiger partial charge in [-0.15, -0.1) is 0 Å². The Morgan fingerprint density at radius 2 is 1.95 bits per heavy atom. The molecule has 1 N–H and O–H groups in total. The van der Waals surface area contributed by atoms with Crippen molar-refractivity contribution in [3.63, 3.8) is 0 Å². The molecular formula is C15H11ClN2O2. The lowest BCUT2D eigenvalue weighted by Gasteiger charge is -2.16. The van der Waals surface area contributed by atoms with E-state index in [9.17, 15) is 4.79 Å². The zero-order valence-electron chi connectivity index (χ0n) is 10.5. The highest BCUT2D eigenvalue weighted by molar-refractivity contribution is 6.54. The van der Waals surface area contributed by atoms with Gasteiger partial charge in [0.2, 0.25) is 0 Å². The van der Waals surface area contributed by atoms with E-state index in [-0.39, 0.29) is 11.6 Å². The first kappa shape index (κ1) is 12.7. The second kappa shape index (κ2) is 4.98. The van der Waals surface area contributed by atoms with Crippen molar-refractivity contribution in [1.29, 1.82) is 0 Å². The molecule has 1 heterocycles. The molecule has 1 aliphatic rings. The predicted octanol–water partition coefficient (Wildman–Crippen LogP) is 3.07. The van der Waals surface area contributed by atoms with Crippen LogP contribution in [0.2, 0.25) is 5.02 Å². The van der Waals surface area contributed by atoms with Crippen LogP contribution in [0.15, 0.2) is 53.7 Å². The van der Waals surface area contributed by atoms with Gasteiger partial charge in [0, 0.05) is 10.6 Å². The number of carbonyl (C=O) groups excluding carboxylic acids is 1. The molecule has 0 spiro atoms. The Balaban J connectivity index is 2.00. The molecule has 0 radical (unpaired) electrons. The maximum Gasteiger partial charge on any atom is 0.281 e. The summed E-state index contributed by atoms with van der Waals surface area (Å²) in [7, 11) is 0. The monoisotopic (exact) mass is 286 g/mol. The molecule has 3 rings (SSSR count). The van der Waals surface area contributed by atoms with Gasteiger partial charge in [-0.2, -0.15) is 0 Å². The van der Waals surface area contributed by atoms with Crippen molar-refractivity contribution >= 4 is 28.9 Å². The topological polar surface area (TPSA) is 52.9 Å². The van der Waals surface area contributed by atoms with Crippen LogP contribution in [0.4, 0.5) is 5.69 Å². The van der Waals surface area contributed by atoms with Gasteiger partial charge in [0.1, 0.15) is 0 Å². The van der Waals surface area contributed by atoms with E-state index >= 15 is 0 Å². The average Bonchev–Trinajstić information content (AvgIpc) is 2.72. The molecule has 1 aliphatic heterocycles. The van der Waals surface area contributed by atoms with Crippen LogP contribution in [0.3, 0.4) is 0 Å². The zero-order chi connectivity index (χ0) is 14.1. The van der Waals surface area contributed by atoms with Crippen LogP contribution in [0.5, 0.6) is 0 Å². The van der Waals surface area contributed by atoms with Crippen molar-refractivity contribution in [3.05, 3.63) is 64.7 Å². The third-order valence-corrected chi connectivity index (χ3v) is 3.46. The number of oxime groups is 1. The predicted molar refractivity (Wildman–Crippen MR) is 77.4 cm³/mol. The van der Waals surface area contributed by atoms with E-state index in [1.807, 2.05) is 30.3 Å². The summed E-state index contributed by atoms with van der Waals surface area (Å²) in [4.78, 5) is 13.9. The highest BCUT2D eigenvalue weighted by Gasteiger charge is 2.34. The van der Waals surface area contributed by atoms with Gasteiger partial charge in [-0.05, 0) is 23.8 Å². The molecule has 0 atom stereocenters. The minimum absolute atomic E-state index is 0.0719. The van der Waals surface area contributed by atoms with Crippen LogP contribution in [-0.2, 0) is 11.3 Å². The highest BCUT2D eigenvalue weighted by Crippen LogP contribution is 2.30. The van der Waals surface area contributed by atoms with Crippen LogP contribution in [-0.4, -0.2) is 16.8 Å². The first-order chi connectivity index (χ1) is 9.70. The summed E-state index contributed by atoms with van der Waals surface area (Å²) in [5.74, 6) is -0.311. The van der Waals surface area contributed by atoms with Gasteiger partial charge in [0.25, 0.3) is 5.91 Å². The Hall–Kier alpha value is -2.33. The van der Waals surface area contributed by atoms with Crippen LogP contribution in [0.25, 0.3) is 0 Å². The quantitative estimate of drug-likeness (QED) is 0.681. The number of hydrogen-bond acceptors (Lipinski definition) is 3. The molecular weight excluding hydrogens is 276 g/mol. The van der Waals surface area contributed by atoms with E-state index in [1.54, 1.807) is 23.1 Å². The number of benzene rings is 2. The van der Waals surface area contributed by atoms with Gasteiger partial charge < -0.3 is 10.1 Å². The van der Waals surface area contributed by atoms with Gasteiger partial charge >= 0.3 is 0 Å². The number of fused-ring (bicyclic) bond motifs is 1. The molecule has 100 valence electrons. The van der Waals surface area contributed by atoms with E-state index in [2.05, 4.69) is 5.16 Å². The maximum atomic E-state index is 12.3. The number of halogens is 1. The fraction of sp³-hybridized carbons (Fsp3) is 0.0667. The van der Waals surface area contributed by atoms with Crippen molar-refractivity contribution < 1.29 is 10.0 Å². The lowest BCUT2D eigenvalue weighted by Crippen LogP contribution is -2.29. The Bertz CT molecular complexity index is 713. The van der Waals surface area contributed by atoms with Crippen LogP contribution in [0.1, 0.15) is 11.1 Å². The van der Waals surface area contributed by atoms with Crippen LogP contribution in [0, 0.1) is 0 Å². The lowest BCUT2D eigenvalue weighted by molar-refractivity contribution is -0.112. The lowest BCUT2D eigenvalue weighted by atomic mass is 10.1. The van der Waals surface area contributed by atoms with Gasteiger partial charge in [-0.25, -0.2) is 0 Å². The molecule has 0 aliphatic carbocycles. The minimum atomic E-state index is -0.311. The second-order valence-electron chi connectivity index (χ2n) is 4.49. The average molecular weight is 287 g/mol. The summed E-state index contributed by atoms with van der Waals surface area (Å²) in [6, 6.07) is 14.6. The summed E-state index contributed by atoms with van der Waals surface area (Å²) in [6.07, 6.45) is 0. The van der Waals surface area contributed by atoms with Gasteiger partial charge in [0.15, 0.2) is 5.71 Å². The third kappa shape index (κ3) is 2.04. The van der Waals surface area contributed by atoms with E-state index in [4.69, 9.17) is 16.8 Å². The maximum absolute atomic E-state index is 12.3. The molecule has 20 heavy (non-hydrogen) atoms. The summed E-state index contributed by atoms with van der Waals surface area (Å²) in [6.45, 7) is 0.384. The molecule has 0 aromatic heterocycles. The van der Waals surface area contributed by atoms with E-state index in [0.29, 0.717) is 17.1 Å². The fourth-order valence-corrected chi connectivity index (χ4v) is 2.55. The second-order valence-corrected chi connectivity index (χ2v) is 4.92. The Morgan fingerprint density at radius 1 is 1.15 bits per heavy atom.